The van der Waals surface area contributed by atoms with Gasteiger partial charge in [0.2, 0.25) is 5.95 Å². The van der Waals surface area contributed by atoms with Gasteiger partial charge >= 0.3 is 0 Å². The summed E-state index contributed by atoms with van der Waals surface area (Å²) in [4.78, 5) is 8.88. The maximum absolute atomic E-state index is 6.18. The molecule has 0 saturated carbocycles. The molecule has 6 heteroatoms. The number of rotatable bonds is 5. The van der Waals surface area contributed by atoms with Gasteiger partial charge in [-0.1, -0.05) is 53.5 Å². The highest BCUT2D eigenvalue weighted by atomic mass is 35.5. The van der Waals surface area contributed by atoms with Crippen molar-refractivity contribution in [1.29, 1.82) is 0 Å². The van der Waals surface area contributed by atoms with Crippen LogP contribution < -0.4 is 10.6 Å². The van der Waals surface area contributed by atoms with E-state index in [1.807, 2.05) is 61.5 Å². The van der Waals surface area contributed by atoms with Crippen molar-refractivity contribution in [3.05, 3.63) is 75.9 Å². The Bertz CT molecular complexity index is 852. The van der Waals surface area contributed by atoms with Gasteiger partial charge in [0.25, 0.3) is 0 Å². The number of aromatic nitrogens is 2. The lowest BCUT2D eigenvalue weighted by Crippen LogP contribution is -2.06. The number of halogens is 2. The maximum Gasteiger partial charge on any atom is 0.225 e. The van der Waals surface area contributed by atoms with Crippen LogP contribution in [0.1, 0.15) is 11.3 Å². The molecule has 0 atom stereocenters. The summed E-state index contributed by atoms with van der Waals surface area (Å²) in [5.41, 5.74) is 2.64. The van der Waals surface area contributed by atoms with Crippen molar-refractivity contribution in [3.8, 4) is 0 Å². The van der Waals surface area contributed by atoms with E-state index in [9.17, 15) is 0 Å². The monoisotopic (exact) mass is 358 g/mol. The minimum absolute atomic E-state index is 0.532. The second-order valence-corrected chi connectivity index (χ2v) is 6.08. The first kappa shape index (κ1) is 16.6. The molecule has 0 bridgehead atoms. The van der Waals surface area contributed by atoms with Crippen molar-refractivity contribution in [1.82, 2.24) is 9.97 Å². The molecule has 0 unspecified atom stereocenters. The van der Waals surface area contributed by atoms with Crippen LogP contribution in [0.3, 0.4) is 0 Å². The quantitative estimate of drug-likeness (QED) is 0.636. The Morgan fingerprint density at radius 2 is 1.62 bits per heavy atom. The van der Waals surface area contributed by atoms with Crippen LogP contribution in [0, 0.1) is 6.92 Å². The predicted molar refractivity (Wildman–Crippen MR) is 100 cm³/mol. The molecule has 4 nitrogen and oxygen atoms in total. The third kappa shape index (κ3) is 4.16. The Kier molecular flexibility index (Phi) is 5.18. The molecule has 1 heterocycles. The predicted octanol–water partition coefficient (Wildman–Crippen LogP) is 5.45. The molecule has 0 saturated heterocycles. The number of anilines is 3. The van der Waals surface area contributed by atoms with E-state index in [1.54, 1.807) is 0 Å². The zero-order valence-corrected chi connectivity index (χ0v) is 14.6. The molecule has 1 aromatic heterocycles. The van der Waals surface area contributed by atoms with Crippen LogP contribution in [-0.4, -0.2) is 9.97 Å². The van der Waals surface area contributed by atoms with Gasteiger partial charge in [-0.2, -0.15) is 4.98 Å². The second-order valence-electron chi connectivity index (χ2n) is 5.27. The molecule has 0 aliphatic rings. The number of aryl methyl sites for hydroxylation is 1. The van der Waals surface area contributed by atoms with Gasteiger partial charge in [-0.25, -0.2) is 4.98 Å². The van der Waals surface area contributed by atoms with E-state index >= 15 is 0 Å². The summed E-state index contributed by atoms with van der Waals surface area (Å²) in [5.74, 6) is 1.21. The molecule has 3 rings (SSSR count). The fourth-order valence-corrected chi connectivity index (χ4v) is 2.61. The summed E-state index contributed by atoms with van der Waals surface area (Å²) in [6.45, 7) is 2.47. The number of hydrogen-bond donors (Lipinski definition) is 2. The van der Waals surface area contributed by atoms with E-state index in [0.717, 1.165) is 16.9 Å². The lowest BCUT2D eigenvalue weighted by atomic mass is 10.2. The molecule has 2 N–H and O–H groups in total. The highest BCUT2D eigenvalue weighted by molar-refractivity contribution is 6.33. The molecule has 2 aromatic carbocycles. The van der Waals surface area contributed by atoms with Crippen LogP contribution in [0.4, 0.5) is 17.5 Å². The van der Waals surface area contributed by atoms with Crippen molar-refractivity contribution in [3.63, 3.8) is 0 Å². The normalized spacial score (nSPS) is 10.5. The number of nitrogens with one attached hydrogen (secondary N) is 2. The van der Waals surface area contributed by atoms with E-state index in [2.05, 4.69) is 20.6 Å². The Labute approximate surface area is 150 Å². The molecule has 0 fully saturated rings. The van der Waals surface area contributed by atoms with Crippen LogP contribution >= 0.6 is 23.2 Å². The van der Waals surface area contributed by atoms with Crippen LogP contribution in [0.5, 0.6) is 0 Å². The van der Waals surface area contributed by atoms with E-state index in [4.69, 9.17) is 23.2 Å². The summed E-state index contributed by atoms with van der Waals surface area (Å²) in [5, 5.41) is 7.77. The number of para-hydroxylation sites is 1. The van der Waals surface area contributed by atoms with Gasteiger partial charge in [-0.05, 0) is 30.7 Å². The molecular weight excluding hydrogens is 343 g/mol. The molecule has 3 aromatic rings. The van der Waals surface area contributed by atoms with Gasteiger partial charge in [-0.3, -0.25) is 0 Å². The highest BCUT2D eigenvalue weighted by Crippen LogP contribution is 2.24. The molecular formula is C18H16Cl2N4. The number of hydrogen-bond acceptors (Lipinski definition) is 4. The summed E-state index contributed by atoms with van der Waals surface area (Å²) in [6, 6.07) is 17.1. The first-order valence-electron chi connectivity index (χ1n) is 7.46. The average Bonchev–Trinajstić information content (AvgIpc) is 2.56. The van der Waals surface area contributed by atoms with Crippen molar-refractivity contribution in [2.24, 2.45) is 0 Å². The highest BCUT2D eigenvalue weighted by Gasteiger charge is 2.06. The number of benzene rings is 2. The second kappa shape index (κ2) is 7.51. The SMILES string of the molecule is Cc1cc(Nc2ccccc2Cl)nc(NCc2ccccc2Cl)n1. The molecule has 0 aliphatic heterocycles. The van der Waals surface area contributed by atoms with E-state index in [0.29, 0.717) is 28.4 Å². The lowest BCUT2D eigenvalue weighted by Gasteiger charge is -2.11. The first-order valence-corrected chi connectivity index (χ1v) is 8.22. The largest absolute Gasteiger partial charge is 0.350 e. The van der Waals surface area contributed by atoms with Crippen molar-refractivity contribution >= 4 is 40.7 Å². The van der Waals surface area contributed by atoms with Crippen molar-refractivity contribution in [2.75, 3.05) is 10.6 Å². The van der Waals surface area contributed by atoms with E-state index in [1.165, 1.54) is 0 Å². The summed E-state index contributed by atoms with van der Waals surface area (Å²) in [6.07, 6.45) is 0. The average molecular weight is 359 g/mol. The Morgan fingerprint density at radius 1 is 0.917 bits per heavy atom. The fraction of sp³-hybridized carbons (Fsp3) is 0.111. The summed E-state index contributed by atoms with van der Waals surface area (Å²) < 4.78 is 0. The zero-order chi connectivity index (χ0) is 16.9. The van der Waals surface area contributed by atoms with Crippen LogP contribution in [0.15, 0.2) is 54.6 Å². The summed E-state index contributed by atoms with van der Waals surface area (Å²) >= 11 is 12.3. The minimum atomic E-state index is 0.532. The van der Waals surface area contributed by atoms with Crippen molar-refractivity contribution in [2.45, 2.75) is 13.5 Å². The fourth-order valence-electron chi connectivity index (χ4n) is 2.23. The third-order valence-corrected chi connectivity index (χ3v) is 4.08. The number of nitrogens with zero attached hydrogens (tertiary/aromatic N) is 2. The Morgan fingerprint density at radius 3 is 2.38 bits per heavy atom. The van der Waals surface area contributed by atoms with Gasteiger partial charge in [0, 0.05) is 23.3 Å². The van der Waals surface area contributed by atoms with Gasteiger partial charge in [-0.15, -0.1) is 0 Å². The molecule has 24 heavy (non-hydrogen) atoms. The maximum atomic E-state index is 6.18. The van der Waals surface area contributed by atoms with Crippen molar-refractivity contribution < 1.29 is 0 Å². The standard InChI is InChI=1S/C18H16Cl2N4/c1-12-10-17(23-16-9-5-4-8-15(16)20)24-18(22-12)21-11-13-6-2-3-7-14(13)19/h2-10H,11H2,1H3,(H2,21,22,23,24). The van der Waals surface area contributed by atoms with Gasteiger partial charge in [0.1, 0.15) is 5.82 Å². The Balaban J connectivity index is 1.77. The zero-order valence-electron chi connectivity index (χ0n) is 13.1. The van der Waals surface area contributed by atoms with E-state index in [-0.39, 0.29) is 0 Å². The van der Waals surface area contributed by atoms with Gasteiger partial charge in [0.15, 0.2) is 0 Å². The van der Waals surface area contributed by atoms with Gasteiger partial charge < -0.3 is 10.6 Å². The molecule has 0 amide bonds. The smallest absolute Gasteiger partial charge is 0.225 e. The topological polar surface area (TPSA) is 49.8 Å². The molecule has 0 aliphatic carbocycles. The first-order chi connectivity index (χ1) is 11.6. The molecule has 0 radical (unpaired) electrons. The van der Waals surface area contributed by atoms with Crippen LogP contribution in [0.2, 0.25) is 10.0 Å². The lowest BCUT2D eigenvalue weighted by molar-refractivity contribution is 1.03. The van der Waals surface area contributed by atoms with Gasteiger partial charge in [0.05, 0.1) is 10.7 Å². The van der Waals surface area contributed by atoms with Crippen LogP contribution in [0.25, 0.3) is 0 Å². The molecule has 122 valence electrons. The van der Waals surface area contributed by atoms with Crippen LogP contribution in [-0.2, 0) is 6.54 Å². The van der Waals surface area contributed by atoms with E-state index < -0.39 is 0 Å². The molecule has 0 spiro atoms. The Hall–Kier alpha value is -2.30. The minimum Gasteiger partial charge on any atom is -0.350 e. The summed E-state index contributed by atoms with van der Waals surface area (Å²) in [7, 11) is 0. The third-order valence-electron chi connectivity index (χ3n) is 3.39.